The topological polar surface area (TPSA) is 101 Å². The number of aromatic hydroxyl groups is 1. The number of benzene rings is 2. The summed E-state index contributed by atoms with van der Waals surface area (Å²) in [6.45, 7) is 5.76. The highest BCUT2D eigenvalue weighted by Gasteiger charge is 2.45. The van der Waals surface area contributed by atoms with Gasteiger partial charge in [-0.3, -0.25) is 15.0 Å². The molecule has 3 aliphatic rings. The van der Waals surface area contributed by atoms with Crippen molar-refractivity contribution in [1.82, 2.24) is 19.9 Å². The molecule has 0 saturated carbocycles. The van der Waals surface area contributed by atoms with Gasteiger partial charge in [0.2, 0.25) is 0 Å². The number of halogens is 2. The quantitative estimate of drug-likeness (QED) is 0.247. The third-order valence-electron chi connectivity index (χ3n) is 9.63. The maximum Gasteiger partial charge on any atom is 0.319 e. The largest absolute Gasteiger partial charge is 0.508 e. The van der Waals surface area contributed by atoms with Gasteiger partial charge in [0.05, 0.1) is 10.9 Å². The van der Waals surface area contributed by atoms with Gasteiger partial charge in [0, 0.05) is 30.6 Å². The van der Waals surface area contributed by atoms with Gasteiger partial charge in [-0.1, -0.05) is 18.0 Å². The third kappa shape index (κ3) is 5.05. The van der Waals surface area contributed by atoms with Crippen LogP contribution in [0.5, 0.6) is 11.8 Å². The molecular formula is C32H36F2N6O2S. The number of anilines is 1. The molecule has 226 valence electrons. The van der Waals surface area contributed by atoms with Crippen molar-refractivity contribution in [2.24, 2.45) is 11.1 Å². The number of rotatable bonds is 7. The summed E-state index contributed by atoms with van der Waals surface area (Å²) in [7, 11) is 0. The lowest BCUT2D eigenvalue weighted by Crippen LogP contribution is -2.43. The summed E-state index contributed by atoms with van der Waals surface area (Å²) in [6.07, 6.45) is 8.06. The lowest BCUT2D eigenvalue weighted by atomic mass is 9.95. The Labute approximate surface area is 253 Å². The van der Waals surface area contributed by atoms with E-state index in [2.05, 4.69) is 19.8 Å². The van der Waals surface area contributed by atoms with Gasteiger partial charge in [0.1, 0.15) is 35.2 Å². The van der Waals surface area contributed by atoms with Gasteiger partial charge < -0.3 is 14.7 Å². The number of hydrogen-bond acceptors (Lipinski definition) is 9. The number of pyridine rings is 1. The van der Waals surface area contributed by atoms with Gasteiger partial charge in [0.25, 0.3) is 0 Å². The Hall–Kier alpha value is -3.28. The van der Waals surface area contributed by atoms with Crippen LogP contribution in [0.15, 0.2) is 30.5 Å². The molecule has 3 aliphatic heterocycles. The van der Waals surface area contributed by atoms with E-state index < -0.39 is 11.6 Å². The van der Waals surface area contributed by atoms with Crippen molar-refractivity contribution in [2.75, 3.05) is 43.4 Å². The lowest BCUT2D eigenvalue weighted by Gasteiger charge is -2.34. The van der Waals surface area contributed by atoms with Crippen LogP contribution in [0, 0.1) is 24.5 Å². The predicted molar refractivity (Wildman–Crippen MR) is 166 cm³/mol. The summed E-state index contributed by atoms with van der Waals surface area (Å²) in [4.78, 5) is 18.7. The maximum atomic E-state index is 16.7. The van der Waals surface area contributed by atoms with Gasteiger partial charge >= 0.3 is 6.01 Å². The van der Waals surface area contributed by atoms with Crippen LogP contribution in [-0.2, 0) is 0 Å². The lowest BCUT2D eigenvalue weighted by molar-refractivity contribution is 0.108. The molecule has 3 saturated heterocycles. The maximum absolute atomic E-state index is 16.7. The second kappa shape index (κ2) is 11.3. The van der Waals surface area contributed by atoms with E-state index in [0.29, 0.717) is 45.6 Å². The second-order valence-electron chi connectivity index (χ2n) is 12.3. The molecule has 0 amide bonds. The normalized spacial score (nSPS) is 20.3. The van der Waals surface area contributed by atoms with Gasteiger partial charge in [-0.25, -0.2) is 8.78 Å². The molecule has 1 atom stereocenters. The van der Waals surface area contributed by atoms with E-state index in [9.17, 15) is 9.50 Å². The molecule has 4 aromatic rings. The smallest absolute Gasteiger partial charge is 0.319 e. The summed E-state index contributed by atoms with van der Waals surface area (Å²) in [5.74, 6) is 0.684. The van der Waals surface area contributed by atoms with Crippen LogP contribution in [0.3, 0.4) is 0 Å². The molecule has 8 nitrogen and oxygen atoms in total. The predicted octanol–water partition coefficient (Wildman–Crippen LogP) is 5.97. The Bertz CT molecular complexity index is 1690. The molecule has 0 aliphatic carbocycles. The van der Waals surface area contributed by atoms with Crippen molar-refractivity contribution >= 4 is 39.4 Å². The summed E-state index contributed by atoms with van der Waals surface area (Å²) < 4.78 is 37.7. The zero-order valence-corrected chi connectivity index (χ0v) is 25.1. The van der Waals surface area contributed by atoms with Crippen LogP contribution in [-0.4, -0.2) is 69.0 Å². The van der Waals surface area contributed by atoms with Gasteiger partial charge in [0.15, 0.2) is 5.82 Å². The first-order valence-electron chi connectivity index (χ1n) is 15.1. The van der Waals surface area contributed by atoms with Crippen molar-refractivity contribution in [1.29, 1.82) is 0 Å². The highest BCUT2D eigenvalue weighted by atomic mass is 32.2. The van der Waals surface area contributed by atoms with E-state index in [1.165, 1.54) is 30.1 Å². The van der Waals surface area contributed by atoms with Gasteiger partial charge in [-0.15, -0.1) is 0 Å². The molecule has 0 bridgehead atoms. The Kier molecular flexibility index (Phi) is 7.51. The Balaban J connectivity index is 1.36. The minimum atomic E-state index is -0.658. The number of hydrogen-bond donors (Lipinski definition) is 2. The number of piperidine rings is 1. The summed E-state index contributed by atoms with van der Waals surface area (Å²) in [5, 5.41) is 17.9. The molecule has 7 rings (SSSR count). The summed E-state index contributed by atoms with van der Waals surface area (Å²) >= 11 is 1.34. The molecule has 11 heteroatoms. The average molecular weight is 607 g/mol. The van der Waals surface area contributed by atoms with Crippen molar-refractivity contribution < 1.29 is 18.6 Å². The van der Waals surface area contributed by atoms with E-state index in [1.807, 2.05) is 0 Å². The SMILES string of the molecule is Cc1c(F)ccc2cc(O)cc(-c3ncc4c(N5CCCC(CSN)C5)nc(OCC56CCCN5CCC6)nc4c3F)c12. The van der Waals surface area contributed by atoms with E-state index in [4.69, 9.17) is 14.9 Å². The zero-order valence-electron chi connectivity index (χ0n) is 24.3. The summed E-state index contributed by atoms with van der Waals surface area (Å²) in [5.41, 5.74) is 0.730. The standard InChI is InChI=1S/C32H36F2N6O2S/c1-19-25(33)7-6-21-13-22(41)14-23(26(19)21)28-27(34)29-24(15-36-28)30(39-10-2-5-20(16-39)17-43-35)38-31(37-29)42-18-32-8-3-11-40(32)12-4-9-32/h6-7,13-15,20,41H,2-5,8-12,16-18,35H2,1H3. The molecule has 43 heavy (non-hydrogen) atoms. The third-order valence-corrected chi connectivity index (χ3v) is 10.3. The molecule has 2 aromatic carbocycles. The van der Waals surface area contributed by atoms with Crippen LogP contribution in [0.1, 0.15) is 44.1 Å². The zero-order chi connectivity index (χ0) is 29.7. The highest BCUT2D eigenvalue weighted by Crippen LogP contribution is 2.41. The number of phenolic OH excluding ortho intramolecular Hbond substituents is 1. The molecule has 2 aromatic heterocycles. The first kappa shape index (κ1) is 28.5. The van der Waals surface area contributed by atoms with Crippen LogP contribution >= 0.6 is 11.9 Å². The minimum Gasteiger partial charge on any atom is -0.508 e. The molecule has 1 unspecified atom stereocenters. The van der Waals surface area contributed by atoms with E-state index >= 15 is 4.39 Å². The van der Waals surface area contributed by atoms with Crippen molar-refractivity contribution in [3.8, 4) is 23.0 Å². The number of nitrogens with zero attached hydrogens (tertiary/aromatic N) is 5. The number of fused-ring (bicyclic) bond motifs is 3. The Morgan fingerprint density at radius 3 is 2.72 bits per heavy atom. The second-order valence-corrected chi connectivity index (χ2v) is 12.9. The molecule has 3 fully saturated rings. The van der Waals surface area contributed by atoms with Crippen LogP contribution in [0.2, 0.25) is 0 Å². The molecular weight excluding hydrogens is 570 g/mol. The van der Waals surface area contributed by atoms with Crippen LogP contribution in [0.4, 0.5) is 14.6 Å². The first-order valence-corrected chi connectivity index (χ1v) is 16.1. The monoisotopic (exact) mass is 606 g/mol. The van der Waals surface area contributed by atoms with Crippen molar-refractivity contribution in [2.45, 2.75) is 51.0 Å². The summed E-state index contributed by atoms with van der Waals surface area (Å²) in [6, 6.07) is 6.03. The van der Waals surface area contributed by atoms with Crippen LogP contribution in [0.25, 0.3) is 32.9 Å². The van der Waals surface area contributed by atoms with E-state index in [-0.39, 0.29) is 28.5 Å². The van der Waals surface area contributed by atoms with Crippen molar-refractivity contribution in [3.05, 3.63) is 47.7 Å². The Morgan fingerprint density at radius 2 is 1.93 bits per heavy atom. The fraction of sp³-hybridized carbons (Fsp3) is 0.469. The fourth-order valence-electron chi connectivity index (χ4n) is 7.50. The average Bonchev–Trinajstić information content (AvgIpc) is 3.59. The van der Waals surface area contributed by atoms with Crippen molar-refractivity contribution in [3.63, 3.8) is 0 Å². The molecule has 0 radical (unpaired) electrons. The number of aryl methyl sites for hydroxylation is 1. The van der Waals surface area contributed by atoms with Gasteiger partial charge in [-0.05, 0) is 99.0 Å². The molecule has 0 spiro atoms. The van der Waals surface area contributed by atoms with Crippen LogP contribution < -0.4 is 14.8 Å². The highest BCUT2D eigenvalue weighted by molar-refractivity contribution is 7.97. The Morgan fingerprint density at radius 1 is 1.12 bits per heavy atom. The number of aromatic nitrogens is 3. The first-order chi connectivity index (χ1) is 20.9. The number of ether oxygens (including phenoxy) is 1. The number of nitrogens with two attached hydrogens (primary N) is 1. The molecule has 3 N–H and O–H groups in total. The van der Waals surface area contributed by atoms with Gasteiger partial charge in [-0.2, -0.15) is 9.97 Å². The number of phenols is 1. The minimum absolute atomic E-state index is 0.00916. The van der Waals surface area contributed by atoms with E-state index in [0.717, 1.165) is 70.5 Å². The van der Waals surface area contributed by atoms with E-state index in [1.54, 1.807) is 19.2 Å². The fourth-order valence-corrected chi connectivity index (χ4v) is 8.04. The molecule has 5 heterocycles.